The molecule has 0 aliphatic carbocycles. The molecule has 1 fully saturated rings. The molecular formula is C19H26N4O3. The van der Waals surface area contributed by atoms with Crippen molar-refractivity contribution in [1.82, 2.24) is 20.4 Å². The van der Waals surface area contributed by atoms with Crippen molar-refractivity contribution in [3.8, 4) is 11.5 Å². The molecule has 1 atom stereocenters. The van der Waals surface area contributed by atoms with Crippen LogP contribution in [-0.4, -0.2) is 54.9 Å². The number of ether oxygens (including phenoxy) is 2. The summed E-state index contributed by atoms with van der Waals surface area (Å²) in [5.41, 5.74) is 1.62. The summed E-state index contributed by atoms with van der Waals surface area (Å²) >= 11 is 0. The number of aromatic nitrogens is 2. The number of hydrogen-bond acceptors (Lipinski definition) is 5. The smallest absolute Gasteiger partial charge is 0.255 e. The van der Waals surface area contributed by atoms with E-state index in [2.05, 4.69) is 20.4 Å². The largest absolute Gasteiger partial charge is 0.493 e. The van der Waals surface area contributed by atoms with Gasteiger partial charge in [0.1, 0.15) is 0 Å². The molecule has 1 aliphatic rings. The van der Waals surface area contributed by atoms with Crippen LogP contribution in [0.5, 0.6) is 11.5 Å². The molecule has 140 valence electrons. The van der Waals surface area contributed by atoms with E-state index in [0.29, 0.717) is 29.5 Å². The van der Waals surface area contributed by atoms with Crippen LogP contribution in [0.25, 0.3) is 0 Å². The molecule has 2 N–H and O–H groups in total. The highest BCUT2D eigenvalue weighted by molar-refractivity contribution is 5.97. The number of para-hydroxylation sites is 1. The molecule has 3 rings (SSSR count). The number of rotatable bonds is 7. The maximum absolute atomic E-state index is 12.6. The molecular weight excluding hydrogens is 332 g/mol. The summed E-state index contributed by atoms with van der Waals surface area (Å²) in [5.74, 6) is 1.33. The Morgan fingerprint density at radius 3 is 2.96 bits per heavy atom. The van der Waals surface area contributed by atoms with E-state index in [1.165, 1.54) is 0 Å². The monoisotopic (exact) mass is 358 g/mol. The van der Waals surface area contributed by atoms with E-state index in [4.69, 9.17) is 9.47 Å². The summed E-state index contributed by atoms with van der Waals surface area (Å²) in [6.45, 7) is 3.56. The number of methoxy groups -OCH3 is 2. The summed E-state index contributed by atoms with van der Waals surface area (Å²) in [7, 11) is 3.11. The minimum Gasteiger partial charge on any atom is -0.493 e. The minimum atomic E-state index is -0.133. The Morgan fingerprint density at radius 2 is 2.23 bits per heavy atom. The number of nitrogens with one attached hydrogen (secondary N) is 2. The second-order valence-corrected chi connectivity index (χ2v) is 6.58. The van der Waals surface area contributed by atoms with Crippen molar-refractivity contribution in [3.63, 3.8) is 0 Å². The fourth-order valence-corrected chi connectivity index (χ4v) is 3.47. The Labute approximate surface area is 153 Å². The van der Waals surface area contributed by atoms with Crippen molar-refractivity contribution in [2.24, 2.45) is 5.92 Å². The summed E-state index contributed by atoms with van der Waals surface area (Å²) in [5, 5.41) is 10.1. The summed E-state index contributed by atoms with van der Waals surface area (Å²) in [6.07, 6.45) is 4.03. The standard InChI is InChI=1S/C19H26N4O3/c1-25-17-7-3-6-16(18(17)26-2)19(24)20-11-14-5-4-10-23(12-14)13-15-8-9-21-22-15/h3,6-9,14H,4-5,10-13H2,1-2H3,(H,20,24)(H,21,22). The minimum absolute atomic E-state index is 0.133. The number of piperidine rings is 1. The van der Waals surface area contributed by atoms with Crippen LogP contribution in [0, 0.1) is 5.92 Å². The van der Waals surface area contributed by atoms with Crippen LogP contribution in [0.2, 0.25) is 0 Å². The zero-order chi connectivity index (χ0) is 18.4. The highest BCUT2D eigenvalue weighted by Crippen LogP contribution is 2.30. The lowest BCUT2D eigenvalue weighted by Gasteiger charge is -2.32. The zero-order valence-electron chi connectivity index (χ0n) is 15.3. The van der Waals surface area contributed by atoms with Crippen molar-refractivity contribution >= 4 is 5.91 Å². The van der Waals surface area contributed by atoms with Crippen molar-refractivity contribution in [2.75, 3.05) is 33.9 Å². The Hall–Kier alpha value is -2.54. The normalized spacial score (nSPS) is 17.7. The van der Waals surface area contributed by atoms with E-state index >= 15 is 0 Å². The van der Waals surface area contributed by atoms with Crippen LogP contribution in [0.4, 0.5) is 0 Å². The first-order valence-electron chi connectivity index (χ1n) is 8.91. The zero-order valence-corrected chi connectivity index (χ0v) is 15.3. The Balaban J connectivity index is 1.56. The molecule has 7 heteroatoms. The number of benzene rings is 1. The van der Waals surface area contributed by atoms with Crippen molar-refractivity contribution in [1.29, 1.82) is 0 Å². The number of carbonyl (C=O) groups is 1. The van der Waals surface area contributed by atoms with Gasteiger partial charge in [-0.1, -0.05) is 6.07 Å². The number of H-pyrrole nitrogens is 1. The maximum Gasteiger partial charge on any atom is 0.255 e. The van der Waals surface area contributed by atoms with Crippen LogP contribution in [0.15, 0.2) is 30.5 Å². The number of hydrogen-bond donors (Lipinski definition) is 2. The van der Waals surface area contributed by atoms with Gasteiger partial charge in [-0.3, -0.25) is 14.8 Å². The molecule has 7 nitrogen and oxygen atoms in total. The average molecular weight is 358 g/mol. The summed E-state index contributed by atoms with van der Waals surface area (Å²) in [6, 6.07) is 7.33. The number of nitrogens with zero attached hydrogens (tertiary/aromatic N) is 2. The van der Waals surface area contributed by atoms with E-state index in [0.717, 1.165) is 38.2 Å². The van der Waals surface area contributed by atoms with E-state index < -0.39 is 0 Å². The molecule has 2 heterocycles. The third-order valence-electron chi connectivity index (χ3n) is 4.75. The van der Waals surface area contributed by atoms with Gasteiger partial charge in [0, 0.05) is 31.5 Å². The average Bonchev–Trinajstić information content (AvgIpc) is 3.18. The topological polar surface area (TPSA) is 79.5 Å². The maximum atomic E-state index is 12.6. The van der Waals surface area contributed by atoms with Crippen molar-refractivity contribution in [2.45, 2.75) is 19.4 Å². The third-order valence-corrected chi connectivity index (χ3v) is 4.75. The highest BCUT2D eigenvalue weighted by Gasteiger charge is 2.22. The second-order valence-electron chi connectivity index (χ2n) is 6.58. The summed E-state index contributed by atoms with van der Waals surface area (Å²) in [4.78, 5) is 15.0. The summed E-state index contributed by atoms with van der Waals surface area (Å²) < 4.78 is 10.6. The molecule has 2 aromatic rings. The number of amides is 1. The predicted octanol–water partition coefficient (Wildman–Crippen LogP) is 2.07. The van der Waals surface area contributed by atoms with Gasteiger partial charge in [-0.2, -0.15) is 5.10 Å². The molecule has 0 spiro atoms. The van der Waals surface area contributed by atoms with Crippen molar-refractivity contribution < 1.29 is 14.3 Å². The predicted molar refractivity (Wildman–Crippen MR) is 98.5 cm³/mol. The van der Waals surface area contributed by atoms with Gasteiger partial charge in [0.05, 0.1) is 19.8 Å². The molecule has 1 saturated heterocycles. The lowest BCUT2D eigenvalue weighted by molar-refractivity contribution is 0.0926. The number of carbonyl (C=O) groups excluding carboxylic acids is 1. The van der Waals surface area contributed by atoms with Gasteiger partial charge in [-0.25, -0.2) is 0 Å². The molecule has 1 unspecified atom stereocenters. The molecule has 1 aromatic carbocycles. The first kappa shape index (κ1) is 18.3. The van der Waals surface area contributed by atoms with Crippen molar-refractivity contribution in [3.05, 3.63) is 41.7 Å². The molecule has 26 heavy (non-hydrogen) atoms. The van der Waals surface area contributed by atoms with Crippen LogP contribution in [0.1, 0.15) is 28.9 Å². The fraction of sp³-hybridized carbons (Fsp3) is 0.474. The molecule has 1 aromatic heterocycles. The van der Waals surface area contributed by atoms with Crippen LogP contribution < -0.4 is 14.8 Å². The first-order chi connectivity index (χ1) is 12.7. The van der Waals surface area contributed by atoms with Crippen LogP contribution in [-0.2, 0) is 6.54 Å². The van der Waals surface area contributed by atoms with Gasteiger partial charge >= 0.3 is 0 Å². The highest BCUT2D eigenvalue weighted by atomic mass is 16.5. The van der Waals surface area contributed by atoms with E-state index in [1.54, 1.807) is 38.6 Å². The Bertz CT molecular complexity index is 718. The van der Waals surface area contributed by atoms with Gasteiger partial charge in [0.15, 0.2) is 11.5 Å². The van der Waals surface area contributed by atoms with Gasteiger partial charge < -0.3 is 14.8 Å². The van der Waals surface area contributed by atoms with Crippen LogP contribution >= 0.6 is 0 Å². The van der Waals surface area contributed by atoms with Crippen LogP contribution in [0.3, 0.4) is 0 Å². The molecule has 0 saturated carbocycles. The van der Waals surface area contributed by atoms with Gasteiger partial charge in [-0.05, 0) is 43.5 Å². The lowest BCUT2D eigenvalue weighted by atomic mass is 9.97. The van der Waals surface area contributed by atoms with Gasteiger partial charge in [-0.15, -0.1) is 0 Å². The Morgan fingerprint density at radius 1 is 1.35 bits per heavy atom. The third kappa shape index (κ3) is 4.35. The molecule has 0 radical (unpaired) electrons. The molecule has 1 amide bonds. The van der Waals surface area contributed by atoms with Gasteiger partial charge in [0.25, 0.3) is 5.91 Å². The molecule has 1 aliphatic heterocycles. The van der Waals surface area contributed by atoms with E-state index in [1.807, 2.05) is 6.07 Å². The lowest BCUT2D eigenvalue weighted by Crippen LogP contribution is -2.40. The Kier molecular flexibility index (Phi) is 6.12. The SMILES string of the molecule is COc1cccc(C(=O)NCC2CCCN(Cc3ccn[nH]3)C2)c1OC. The van der Waals surface area contributed by atoms with E-state index in [9.17, 15) is 4.79 Å². The second kappa shape index (κ2) is 8.71. The number of likely N-dealkylation sites (tertiary alicyclic amines) is 1. The molecule has 0 bridgehead atoms. The van der Waals surface area contributed by atoms with E-state index in [-0.39, 0.29) is 5.91 Å². The number of aromatic amines is 1. The fourth-order valence-electron chi connectivity index (χ4n) is 3.47. The van der Waals surface area contributed by atoms with Gasteiger partial charge in [0.2, 0.25) is 0 Å². The quantitative estimate of drug-likeness (QED) is 0.792. The first-order valence-corrected chi connectivity index (χ1v) is 8.91.